The van der Waals surface area contributed by atoms with Crippen LogP contribution in [0.1, 0.15) is 29.4 Å². The van der Waals surface area contributed by atoms with Gasteiger partial charge in [-0.15, -0.1) is 11.3 Å². The van der Waals surface area contributed by atoms with Crippen LogP contribution in [0.15, 0.2) is 6.58 Å². The van der Waals surface area contributed by atoms with Crippen molar-refractivity contribution in [2.24, 2.45) is 5.73 Å². The van der Waals surface area contributed by atoms with Gasteiger partial charge < -0.3 is 5.73 Å². The smallest absolute Gasteiger partial charge is 0.139 e. The molecule has 1 aromatic rings. The Kier molecular flexibility index (Phi) is 2.80. The lowest BCUT2D eigenvalue weighted by Crippen LogP contribution is -2.35. The first-order valence-corrected chi connectivity index (χ1v) is 6.07. The molecule has 0 fully saturated rings. The second-order valence-corrected chi connectivity index (χ2v) is 5.31. The maximum Gasteiger partial charge on any atom is 0.139 e. The van der Waals surface area contributed by atoms with E-state index in [1.165, 1.54) is 10.6 Å². The summed E-state index contributed by atoms with van der Waals surface area (Å²) in [5.74, 6) is 0. The van der Waals surface area contributed by atoms with Gasteiger partial charge in [-0.05, 0) is 13.8 Å². The van der Waals surface area contributed by atoms with E-state index in [1.54, 1.807) is 11.3 Å². The fourth-order valence-electron chi connectivity index (χ4n) is 1.79. The Bertz CT molecular complexity index is 381. The van der Waals surface area contributed by atoms with Gasteiger partial charge in [0, 0.05) is 30.4 Å². The van der Waals surface area contributed by atoms with Crippen molar-refractivity contribution in [2.45, 2.75) is 32.9 Å². The van der Waals surface area contributed by atoms with Gasteiger partial charge in [0.15, 0.2) is 0 Å². The third kappa shape index (κ3) is 2.06. The molecule has 1 aliphatic rings. The first kappa shape index (κ1) is 10.6. The topological polar surface area (TPSA) is 42.1 Å². The molecule has 4 heteroatoms. The van der Waals surface area contributed by atoms with Crippen LogP contribution in [-0.2, 0) is 13.0 Å². The summed E-state index contributed by atoms with van der Waals surface area (Å²) in [7, 11) is 0. The second kappa shape index (κ2) is 3.94. The Morgan fingerprint density at radius 1 is 1.60 bits per heavy atom. The van der Waals surface area contributed by atoms with Crippen LogP contribution in [0.5, 0.6) is 0 Å². The van der Waals surface area contributed by atoms with E-state index in [-0.39, 0.29) is 0 Å². The fourth-order valence-corrected chi connectivity index (χ4v) is 2.81. The number of fused-ring (bicyclic) bond motifs is 1. The first-order chi connectivity index (χ1) is 7.08. The average molecular weight is 223 g/mol. The number of thiazole rings is 1. The molecule has 1 aromatic heterocycles. The van der Waals surface area contributed by atoms with Crippen LogP contribution in [-0.4, -0.2) is 22.5 Å². The van der Waals surface area contributed by atoms with E-state index in [4.69, 9.17) is 5.73 Å². The van der Waals surface area contributed by atoms with Gasteiger partial charge in [-0.2, -0.15) is 0 Å². The number of rotatable bonds is 2. The fraction of sp³-hybridized carbons (Fsp3) is 0.545. The van der Waals surface area contributed by atoms with Crippen LogP contribution in [0, 0.1) is 0 Å². The van der Waals surface area contributed by atoms with Gasteiger partial charge in [0.05, 0.1) is 11.4 Å². The Hall–Kier alpha value is -0.870. The monoisotopic (exact) mass is 223 g/mol. The molecule has 0 amide bonds. The third-order valence-electron chi connectivity index (χ3n) is 2.77. The van der Waals surface area contributed by atoms with Crippen LogP contribution >= 0.6 is 11.3 Å². The lowest BCUT2D eigenvalue weighted by Gasteiger charge is -2.29. The van der Waals surface area contributed by atoms with Crippen molar-refractivity contribution in [3.05, 3.63) is 22.2 Å². The highest BCUT2D eigenvalue weighted by Crippen LogP contribution is 2.27. The van der Waals surface area contributed by atoms with Crippen molar-refractivity contribution in [1.82, 2.24) is 9.88 Å². The summed E-state index contributed by atoms with van der Waals surface area (Å²) >= 11 is 1.69. The van der Waals surface area contributed by atoms with Crippen molar-refractivity contribution in [1.29, 1.82) is 0 Å². The summed E-state index contributed by atoms with van der Waals surface area (Å²) in [6.45, 7) is 10.3. The average Bonchev–Trinajstić information content (AvgIpc) is 2.59. The summed E-state index contributed by atoms with van der Waals surface area (Å²) in [5.41, 5.74) is 7.47. The van der Waals surface area contributed by atoms with Gasteiger partial charge in [0.1, 0.15) is 5.01 Å². The summed E-state index contributed by atoms with van der Waals surface area (Å²) in [4.78, 5) is 8.33. The normalized spacial score (nSPS) is 16.7. The maximum absolute atomic E-state index is 5.66. The molecule has 2 heterocycles. The van der Waals surface area contributed by atoms with Gasteiger partial charge in [-0.3, -0.25) is 4.90 Å². The van der Waals surface area contributed by atoms with Crippen LogP contribution in [0.3, 0.4) is 0 Å². The predicted octanol–water partition coefficient (Wildman–Crippen LogP) is 1.84. The molecule has 3 nitrogen and oxygen atoms in total. The van der Waals surface area contributed by atoms with Gasteiger partial charge in [0.25, 0.3) is 0 Å². The molecule has 15 heavy (non-hydrogen) atoms. The Balaban J connectivity index is 2.23. The predicted molar refractivity (Wildman–Crippen MR) is 64.6 cm³/mol. The number of nitrogens with two attached hydrogens (primary N) is 1. The van der Waals surface area contributed by atoms with E-state index < -0.39 is 0 Å². The molecule has 0 saturated carbocycles. The van der Waals surface area contributed by atoms with Crippen LogP contribution in [0.4, 0.5) is 0 Å². The molecule has 0 spiro atoms. The van der Waals surface area contributed by atoms with Gasteiger partial charge in [0.2, 0.25) is 0 Å². The second-order valence-electron chi connectivity index (χ2n) is 4.23. The van der Waals surface area contributed by atoms with Crippen molar-refractivity contribution >= 4 is 17.0 Å². The number of hydrogen-bond acceptors (Lipinski definition) is 4. The zero-order valence-corrected chi connectivity index (χ0v) is 10.1. The van der Waals surface area contributed by atoms with Crippen LogP contribution < -0.4 is 5.73 Å². The van der Waals surface area contributed by atoms with Gasteiger partial charge >= 0.3 is 0 Å². The molecular weight excluding hydrogens is 206 g/mol. The molecule has 0 aromatic carbocycles. The maximum atomic E-state index is 5.66. The molecule has 0 aliphatic carbocycles. The van der Waals surface area contributed by atoms with Crippen molar-refractivity contribution in [3.63, 3.8) is 0 Å². The molecular formula is C11H17N3S. The number of aromatic nitrogens is 1. The van der Waals surface area contributed by atoms with E-state index in [0.29, 0.717) is 11.7 Å². The molecule has 2 N–H and O–H groups in total. The number of hydrogen-bond donors (Lipinski definition) is 1. The third-order valence-corrected chi connectivity index (χ3v) is 3.92. The van der Waals surface area contributed by atoms with Crippen molar-refractivity contribution in [3.8, 4) is 0 Å². The van der Waals surface area contributed by atoms with E-state index in [0.717, 1.165) is 24.5 Å². The summed E-state index contributed by atoms with van der Waals surface area (Å²) in [5, 5.41) is 0.894. The Morgan fingerprint density at radius 2 is 2.33 bits per heavy atom. The molecule has 0 bridgehead atoms. The Morgan fingerprint density at radius 3 is 2.93 bits per heavy atom. The van der Waals surface area contributed by atoms with E-state index in [9.17, 15) is 0 Å². The first-order valence-electron chi connectivity index (χ1n) is 5.25. The highest BCUT2D eigenvalue weighted by Gasteiger charge is 2.22. The Labute approximate surface area is 94.6 Å². The van der Waals surface area contributed by atoms with E-state index in [2.05, 4.69) is 30.3 Å². The minimum Gasteiger partial charge on any atom is -0.397 e. The standard InChI is InChI=1S/C11H17N3S/c1-7(2)14-5-4-9-10(6-14)15-11(13-9)8(3)12/h7H,3-6,12H2,1-2H3. The quantitative estimate of drug-likeness (QED) is 0.832. The zero-order chi connectivity index (χ0) is 11.0. The summed E-state index contributed by atoms with van der Waals surface area (Å²) in [6, 6.07) is 0.602. The molecule has 0 radical (unpaired) electrons. The van der Waals surface area contributed by atoms with Crippen molar-refractivity contribution < 1.29 is 0 Å². The molecule has 0 unspecified atom stereocenters. The van der Waals surface area contributed by atoms with E-state index in [1.807, 2.05) is 0 Å². The lowest BCUT2D eigenvalue weighted by molar-refractivity contribution is 0.205. The van der Waals surface area contributed by atoms with Gasteiger partial charge in [-0.25, -0.2) is 4.98 Å². The highest BCUT2D eigenvalue weighted by molar-refractivity contribution is 7.12. The summed E-state index contributed by atoms with van der Waals surface area (Å²) < 4.78 is 0. The highest BCUT2D eigenvalue weighted by atomic mass is 32.1. The minimum absolute atomic E-state index is 0.588. The van der Waals surface area contributed by atoms with E-state index >= 15 is 0 Å². The molecule has 82 valence electrons. The minimum atomic E-state index is 0.588. The number of nitrogens with zero attached hydrogens (tertiary/aromatic N) is 2. The molecule has 2 rings (SSSR count). The summed E-state index contributed by atoms with van der Waals surface area (Å²) in [6.07, 6.45) is 1.04. The van der Waals surface area contributed by atoms with Gasteiger partial charge in [-0.1, -0.05) is 6.58 Å². The van der Waals surface area contributed by atoms with Crippen molar-refractivity contribution in [2.75, 3.05) is 6.54 Å². The largest absolute Gasteiger partial charge is 0.397 e. The molecule has 0 atom stereocenters. The zero-order valence-electron chi connectivity index (χ0n) is 9.29. The van der Waals surface area contributed by atoms with Crippen LogP contribution in [0.25, 0.3) is 5.70 Å². The lowest BCUT2D eigenvalue weighted by atomic mass is 10.1. The SMILES string of the molecule is C=C(N)c1nc2c(s1)CN(C(C)C)CC2. The molecule has 0 saturated heterocycles. The van der Waals surface area contributed by atoms with Crippen LogP contribution in [0.2, 0.25) is 0 Å². The molecule has 1 aliphatic heterocycles.